The maximum Gasteiger partial charge on any atom is 0.251 e. The first-order chi connectivity index (χ1) is 13.2. The molecule has 2 aromatic heterocycles. The normalized spacial score (nSPS) is 11.9. The molecule has 6 nitrogen and oxygen atoms in total. The SMILES string of the molecule is C[C@@H](NC(=O)c1cccc(-n2cccc2)c1)c1ccc(-n2cncn2)cc1. The fourth-order valence-electron chi connectivity index (χ4n) is 2.93. The Morgan fingerprint density at radius 1 is 1.00 bits per heavy atom. The lowest BCUT2D eigenvalue weighted by Gasteiger charge is -2.15. The van der Waals surface area contributed by atoms with Crippen LogP contribution < -0.4 is 5.32 Å². The molecule has 0 saturated carbocycles. The first-order valence-electron chi connectivity index (χ1n) is 8.70. The number of aromatic nitrogens is 4. The third kappa shape index (κ3) is 3.64. The number of amides is 1. The van der Waals surface area contributed by atoms with E-state index in [9.17, 15) is 4.79 Å². The zero-order chi connectivity index (χ0) is 18.6. The largest absolute Gasteiger partial charge is 0.346 e. The molecule has 0 fully saturated rings. The van der Waals surface area contributed by atoms with Crippen LogP contribution in [0.25, 0.3) is 11.4 Å². The summed E-state index contributed by atoms with van der Waals surface area (Å²) in [6, 6.07) is 19.3. The lowest BCUT2D eigenvalue weighted by Crippen LogP contribution is -2.26. The highest BCUT2D eigenvalue weighted by molar-refractivity contribution is 5.95. The van der Waals surface area contributed by atoms with Gasteiger partial charge in [-0.25, -0.2) is 9.67 Å². The quantitative estimate of drug-likeness (QED) is 0.594. The molecule has 0 unspecified atom stereocenters. The molecule has 134 valence electrons. The molecule has 27 heavy (non-hydrogen) atoms. The average molecular weight is 357 g/mol. The second kappa shape index (κ2) is 7.29. The summed E-state index contributed by atoms with van der Waals surface area (Å²) in [5.74, 6) is -0.100. The van der Waals surface area contributed by atoms with Gasteiger partial charge in [-0.15, -0.1) is 0 Å². The molecule has 6 heteroatoms. The first-order valence-corrected chi connectivity index (χ1v) is 8.70. The molecule has 0 spiro atoms. The number of hydrogen-bond donors (Lipinski definition) is 1. The van der Waals surface area contributed by atoms with E-state index in [4.69, 9.17) is 0 Å². The van der Waals surface area contributed by atoms with Crippen LogP contribution in [0.1, 0.15) is 28.9 Å². The maximum absolute atomic E-state index is 12.7. The van der Waals surface area contributed by atoms with Crippen molar-refractivity contribution in [2.75, 3.05) is 0 Å². The van der Waals surface area contributed by atoms with Crippen molar-refractivity contribution < 1.29 is 4.79 Å². The highest BCUT2D eigenvalue weighted by atomic mass is 16.1. The van der Waals surface area contributed by atoms with Gasteiger partial charge in [-0.05, 0) is 55.0 Å². The Balaban J connectivity index is 1.47. The van der Waals surface area contributed by atoms with Gasteiger partial charge in [0.05, 0.1) is 11.7 Å². The fourth-order valence-corrected chi connectivity index (χ4v) is 2.93. The molecule has 1 amide bonds. The number of hydrogen-bond acceptors (Lipinski definition) is 3. The van der Waals surface area contributed by atoms with Gasteiger partial charge < -0.3 is 9.88 Å². The number of rotatable bonds is 5. The van der Waals surface area contributed by atoms with Gasteiger partial charge in [-0.3, -0.25) is 4.79 Å². The number of carbonyl (C=O) groups is 1. The van der Waals surface area contributed by atoms with Gasteiger partial charge in [0.1, 0.15) is 12.7 Å². The van der Waals surface area contributed by atoms with Crippen LogP contribution in [0.5, 0.6) is 0 Å². The number of carbonyl (C=O) groups excluding carboxylic acids is 1. The molecule has 0 bridgehead atoms. The van der Waals surface area contributed by atoms with Gasteiger partial charge in [0.15, 0.2) is 0 Å². The lowest BCUT2D eigenvalue weighted by atomic mass is 10.1. The van der Waals surface area contributed by atoms with Gasteiger partial charge in [0.25, 0.3) is 5.91 Å². The van der Waals surface area contributed by atoms with Gasteiger partial charge in [-0.2, -0.15) is 5.10 Å². The van der Waals surface area contributed by atoms with E-state index in [2.05, 4.69) is 15.4 Å². The van der Waals surface area contributed by atoms with Crippen LogP contribution in [0.4, 0.5) is 0 Å². The number of benzene rings is 2. The molecule has 0 aliphatic rings. The zero-order valence-corrected chi connectivity index (χ0v) is 14.9. The predicted molar refractivity (Wildman–Crippen MR) is 103 cm³/mol. The summed E-state index contributed by atoms with van der Waals surface area (Å²) in [7, 11) is 0. The van der Waals surface area contributed by atoms with Gasteiger partial charge in [0, 0.05) is 23.6 Å². The van der Waals surface area contributed by atoms with E-state index in [-0.39, 0.29) is 11.9 Å². The van der Waals surface area contributed by atoms with E-state index in [0.29, 0.717) is 5.56 Å². The van der Waals surface area contributed by atoms with Gasteiger partial charge in [0.2, 0.25) is 0 Å². The van der Waals surface area contributed by atoms with Crippen molar-refractivity contribution in [2.24, 2.45) is 0 Å². The van der Waals surface area contributed by atoms with Crippen LogP contribution in [-0.4, -0.2) is 25.2 Å². The number of nitrogens with one attached hydrogen (secondary N) is 1. The minimum atomic E-state index is -0.113. The molecule has 2 heterocycles. The minimum absolute atomic E-state index is 0.100. The van der Waals surface area contributed by atoms with Crippen LogP contribution >= 0.6 is 0 Å². The van der Waals surface area contributed by atoms with Crippen molar-refractivity contribution in [1.82, 2.24) is 24.6 Å². The summed E-state index contributed by atoms with van der Waals surface area (Å²) in [6.45, 7) is 1.97. The summed E-state index contributed by atoms with van der Waals surface area (Å²) in [6.07, 6.45) is 7.06. The third-order valence-electron chi connectivity index (χ3n) is 4.43. The second-order valence-corrected chi connectivity index (χ2v) is 6.27. The van der Waals surface area contributed by atoms with Crippen LogP contribution in [0, 0.1) is 0 Å². The van der Waals surface area contributed by atoms with E-state index in [0.717, 1.165) is 16.9 Å². The summed E-state index contributed by atoms with van der Waals surface area (Å²) in [4.78, 5) is 16.6. The Morgan fingerprint density at radius 2 is 1.78 bits per heavy atom. The Hall–Kier alpha value is -3.67. The minimum Gasteiger partial charge on any atom is -0.346 e. The predicted octanol–water partition coefficient (Wildman–Crippen LogP) is 3.55. The van der Waals surface area contributed by atoms with Crippen LogP contribution in [0.2, 0.25) is 0 Å². The molecule has 4 aromatic rings. The Labute approximate surface area is 157 Å². The van der Waals surface area contributed by atoms with Gasteiger partial charge in [-0.1, -0.05) is 18.2 Å². The van der Waals surface area contributed by atoms with E-state index in [1.807, 2.05) is 84.5 Å². The smallest absolute Gasteiger partial charge is 0.251 e. The van der Waals surface area contributed by atoms with Crippen molar-refractivity contribution in [3.8, 4) is 11.4 Å². The second-order valence-electron chi connectivity index (χ2n) is 6.27. The molecule has 0 radical (unpaired) electrons. The zero-order valence-electron chi connectivity index (χ0n) is 14.9. The van der Waals surface area contributed by atoms with E-state index >= 15 is 0 Å². The topological polar surface area (TPSA) is 64.7 Å². The number of nitrogens with zero attached hydrogens (tertiary/aromatic N) is 4. The third-order valence-corrected chi connectivity index (χ3v) is 4.43. The van der Waals surface area contributed by atoms with Crippen LogP contribution in [-0.2, 0) is 0 Å². The molecule has 0 saturated heterocycles. The highest BCUT2D eigenvalue weighted by Crippen LogP contribution is 2.17. The molecule has 2 aromatic carbocycles. The van der Waals surface area contributed by atoms with Crippen molar-refractivity contribution >= 4 is 5.91 Å². The van der Waals surface area contributed by atoms with Crippen molar-refractivity contribution in [3.05, 3.63) is 96.8 Å². The molecular weight excluding hydrogens is 338 g/mol. The van der Waals surface area contributed by atoms with Crippen molar-refractivity contribution in [1.29, 1.82) is 0 Å². The molecular formula is C21H19N5O. The molecule has 1 atom stereocenters. The van der Waals surface area contributed by atoms with Crippen molar-refractivity contribution in [3.63, 3.8) is 0 Å². The highest BCUT2D eigenvalue weighted by Gasteiger charge is 2.12. The van der Waals surface area contributed by atoms with Gasteiger partial charge >= 0.3 is 0 Å². The average Bonchev–Trinajstić information content (AvgIpc) is 3.42. The van der Waals surface area contributed by atoms with E-state index in [1.165, 1.54) is 6.33 Å². The summed E-state index contributed by atoms with van der Waals surface area (Å²) in [5, 5.41) is 7.17. The molecule has 4 rings (SSSR count). The maximum atomic E-state index is 12.7. The first kappa shape index (κ1) is 16.8. The summed E-state index contributed by atoms with van der Waals surface area (Å²) >= 11 is 0. The standard InChI is InChI=1S/C21H19N5O/c1-16(17-7-9-19(10-8-17)26-15-22-14-23-26)24-21(27)18-5-4-6-20(13-18)25-11-2-3-12-25/h2-16H,1H3,(H,24,27)/t16-/m1/s1. The monoisotopic (exact) mass is 357 g/mol. The summed E-state index contributed by atoms with van der Waals surface area (Å²) < 4.78 is 3.67. The van der Waals surface area contributed by atoms with Crippen LogP contribution in [0.3, 0.4) is 0 Å². The Bertz CT molecular complexity index is 1020. The lowest BCUT2D eigenvalue weighted by molar-refractivity contribution is 0.0940. The van der Waals surface area contributed by atoms with Crippen LogP contribution in [0.15, 0.2) is 85.7 Å². The fraction of sp³-hybridized carbons (Fsp3) is 0.0952. The van der Waals surface area contributed by atoms with Crippen molar-refractivity contribution in [2.45, 2.75) is 13.0 Å². The molecule has 0 aliphatic heterocycles. The summed E-state index contributed by atoms with van der Waals surface area (Å²) in [5.41, 5.74) is 3.53. The van der Waals surface area contributed by atoms with E-state index in [1.54, 1.807) is 11.0 Å². The molecule has 1 N–H and O–H groups in total. The Morgan fingerprint density at radius 3 is 2.48 bits per heavy atom. The van der Waals surface area contributed by atoms with E-state index < -0.39 is 0 Å². The Kier molecular flexibility index (Phi) is 4.53. The molecule has 0 aliphatic carbocycles.